The summed E-state index contributed by atoms with van der Waals surface area (Å²) in [5.74, 6) is 1.11. The molecule has 154 valence electrons. The third-order valence-electron chi connectivity index (χ3n) is 5.69. The molecule has 0 radical (unpaired) electrons. The molecule has 2 fully saturated rings. The number of ether oxygens (including phenoxy) is 1. The molecule has 1 N–H and O–H groups in total. The Morgan fingerprint density at radius 1 is 1.21 bits per heavy atom. The Morgan fingerprint density at radius 3 is 2.62 bits per heavy atom. The van der Waals surface area contributed by atoms with Crippen molar-refractivity contribution in [2.75, 3.05) is 24.6 Å². The fourth-order valence-electron chi connectivity index (χ4n) is 4.03. The van der Waals surface area contributed by atoms with Crippen LogP contribution in [0.15, 0.2) is 30.7 Å². The number of piperidine rings is 1. The van der Waals surface area contributed by atoms with Gasteiger partial charge in [0.05, 0.1) is 5.69 Å². The Bertz CT molecular complexity index is 828. The summed E-state index contributed by atoms with van der Waals surface area (Å²) in [4.78, 5) is 28.2. The van der Waals surface area contributed by atoms with Crippen molar-refractivity contribution in [1.82, 2.24) is 20.3 Å². The number of pyridine rings is 1. The Kier molecular flexibility index (Phi) is 6.04. The molecule has 1 atom stereocenters. The first-order valence-corrected chi connectivity index (χ1v) is 10.6. The van der Waals surface area contributed by atoms with E-state index in [1.165, 1.54) is 0 Å². The van der Waals surface area contributed by atoms with Gasteiger partial charge in [0.1, 0.15) is 6.10 Å². The Balaban J connectivity index is 1.42. The normalized spacial score (nSPS) is 20.2. The van der Waals surface area contributed by atoms with Gasteiger partial charge in [0.25, 0.3) is 0 Å². The second kappa shape index (κ2) is 8.86. The van der Waals surface area contributed by atoms with E-state index in [9.17, 15) is 4.79 Å². The summed E-state index contributed by atoms with van der Waals surface area (Å²) in [6.07, 6.45) is 8.85. The Hall–Kier alpha value is -2.54. The predicted molar refractivity (Wildman–Crippen MR) is 112 cm³/mol. The zero-order chi connectivity index (χ0) is 20.2. The van der Waals surface area contributed by atoms with Gasteiger partial charge in [-0.3, -0.25) is 9.78 Å². The molecule has 2 aromatic heterocycles. The first-order valence-electron chi connectivity index (χ1n) is 10.6. The van der Waals surface area contributed by atoms with Gasteiger partial charge in [0, 0.05) is 49.9 Å². The first-order chi connectivity index (χ1) is 14.1. The van der Waals surface area contributed by atoms with Gasteiger partial charge < -0.3 is 15.0 Å². The first kappa shape index (κ1) is 19.8. The molecule has 2 saturated heterocycles. The lowest BCUT2D eigenvalue weighted by Gasteiger charge is -2.33. The fraction of sp³-hybridized carbons (Fsp3) is 0.545. The van der Waals surface area contributed by atoms with Crippen molar-refractivity contribution >= 4 is 11.9 Å². The number of anilines is 1. The van der Waals surface area contributed by atoms with Crippen LogP contribution >= 0.6 is 0 Å². The second-order valence-corrected chi connectivity index (χ2v) is 8.13. The number of nitrogens with zero attached hydrogens (tertiary/aromatic N) is 4. The third kappa shape index (κ3) is 4.56. The molecular weight excluding hydrogens is 366 g/mol. The lowest BCUT2D eigenvalue weighted by atomic mass is 10.00. The number of carbonyl (C=O) groups excluding carboxylic acids is 1. The van der Waals surface area contributed by atoms with E-state index in [0.29, 0.717) is 12.5 Å². The molecule has 0 unspecified atom stereocenters. The van der Waals surface area contributed by atoms with E-state index in [4.69, 9.17) is 9.72 Å². The summed E-state index contributed by atoms with van der Waals surface area (Å²) in [6, 6.07) is 4.18. The van der Waals surface area contributed by atoms with E-state index in [2.05, 4.69) is 34.0 Å². The summed E-state index contributed by atoms with van der Waals surface area (Å²) in [5.41, 5.74) is 3.20. The van der Waals surface area contributed by atoms with Crippen LogP contribution in [0.1, 0.15) is 51.1 Å². The van der Waals surface area contributed by atoms with Gasteiger partial charge in [0.15, 0.2) is 0 Å². The Labute approximate surface area is 171 Å². The van der Waals surface area contributed by atoms with Gasteiger partial charge in [-0.15, -0.1) is 0 Å². The highest BCUT2D eigenvalue weighted by atomic mass is 16.5. The molecule has 0 aliphatic carbocycles. The minimum Gasteiger partial charge on any atom is -0.368 e. The highest BCUT2D eigenvalue weighted by Crippen LogP contribution is 2.29. The van der Waals surface area contributed by atoms with E-state index < -0.39 is 0 Å². The molecule has 0 aromatic carbocycles. The fourth-order valence-corrected chi connectivity index (χ4v) is 4.03. The smallest absolute Gasteiger partial charge is 0.249 e. The minimum atomic E-state index is -0.259. The zero-order valence-electron chi connectivity index (χ0n) is 17.2. The van der Waals surface area contributed by atoms with Crippen LogP contribution < -0.4 is 10.2 Å². The van der Waals surface area contributed by atoms with Crippen LogP contribution in [0.3, 0.4) is 0 Å². The highest BCUT2D eigenvalue weighted by molar-refractivity contribution is 5.81. The number of amides is 1. The average molecular weight is 396 g/mol. The van der Waals surface area contributed by atoms with Crippen molar-refractivity contribution in [2.45, 2.75) is 57.6 Å². The number of rotatable bonds is 5. The lowest BCUT2D eigenvalue weighted by Crippen LogP contribution is -2.47. The summed E-state index contributed by atoms with van der Waals surface area (Å²) in [5, 5.41) is 3.16. The lowest BCUT2D eigenvalue weighted by molar-refractivity contribution is -0.130. The van der Waals surface area contributed by atoms with Crippen LogP contribution in [-0.4, -0.2) is 52.7 Å². The van der Waals surface area contributed by atoms with Crippen LogP contribution in [0.5, 0.6) is 0 Å². The SMILES string of the molecule is CC(C)c1nc(N2CCC(NC(=O)[C@@H]3CCCO3)CC2)ncc1-c1ccncc1. The number of hydrogen-bond acceptors (Lipinski definition) is 6. The Morgan fingerprint density at radius 2 is 1.97 bits per heavy atom. The third-order valence-corrected chi connectivity index (χ3v) is 5.69. The maximum Gasteiger partial charge on any atom is 0.249 e. The van der Waals surface area contributed by atoms with Gasteiger partial charge in [-0.25, -0.2) is 9.97 Å². The van der Waals surface area contributed by atoms with Crippen molar-refractivity contribution in [3.8, 4) is 11.1 Å². The molecule has 7 heteroatoms. The van der Waals surface area contributed by atoms with E-state index in [1.807, 2.05) is 18.3 Å². The van der Waals surface area contributed by atoms with Crippen LogP contribution in [0, 0.1) is 0 Å². The number of aromatic nitrogens is 3. The monoisotopic (exact) mass is 395 g/mol. The van der Waals surface area contributed by atoms with Crippen molar-refractivity contribution in [3.63, 3.8) is 0 Å². The summed E-state index contributed by atoms with van der Waals surface area (Å²) in [7, 11) is 0. The highest BCUT2D eigenvalue weighted by Gasteiger charge is 2.28. The molecular formula is C22H29N5O2. The van der Waals surface area contributed by atoms with Crippen molar-refractivity contribution in [2.24, 2.45) is 0 Å². The molecule has 2 aliphatic heterocycles. The van der Waals surface area contributed by atoms with Crippen LogP contribution in [0.4, 0.5) is 5.95 Å². The number of nitrogens with one attached hydrogen (secondary N) is 1. The summed E-state index contributed by atoms with van der Waals surface area (Å²) < 4.78 is 5.48. The molecule has 2 aromatic rings. The minimum absolute atomic E-state index is 0.0426. The zero-order valence-corrected chi connectivity index (χ0v) is 17.2. The topological polar surface area (TPSA) is 80.2 Å². The summed E-state index contributed by atoms with van der Waals surface area (Å²) in [6.45, 7) is 6.68. The maximum atomic E-state index is 12.3. The molecule has 29 heavy (non-hydrogen) atoms. The molecule has 7 nitrogen and oxygen atoms in total. The van der Waals surface area contributed by atoms with Crippen LogP contribution in [0.25, 0.3) is 11.1 Å². The van der Waals surface area contributed by atoms with Crippen molar-refractivity contribution in [3.05, 3.63) is 36.4 Å². The van der Waals surface area contributed by atoms with Gasteiger partial charge >= 0.3 is 0 Å². The van der Waals surface area contributed by atoms with E-state index in [0.717, 1.165) is 61.5 Å². The molecule has 0 bridgehead atoms. The molecule has 0 saturated carbocycles. The number of hydrogen-bond donors (Lipinski definition) is 1. The van der Waals surface area contributed by atoms with Gasteiger partial charge in [-0.2, -0.15) is 0 Å². The molecule has 4 heterocycles. The largest absolute Gasteiger partial charge is 0.368 e. The van der Waals surface area contributed by atoms with E-state index in [1.54, 1.807) is 12.4 Å². The van der Waals surface area contributed by atoms with E-state index in [-0.39, 0.29) is 18.1 Å². The van der Waals surface area contributed by atoms with Gasteiger partial charge in [-0.1, -0.05) is 13.8 Å². The number of carbonyl (C=O) groups is 1. The van der Waals surface area contributed by atoms with Crippen LogP contribution in [0.2, 0.25) is 0 Å². The predicted octanol–water partition coefficient (Wildman–Crippen LogP) is 2.93. The van der Waals surface area contributed by atoms with Gasteiger partial charge in [-0.05, 0) is 49.3 Å². The standard InChI is InChI=1S/C22H29N5O2/c1-15(2)20-18(16-5-9-23-10-6-16)14-24-22(26-20)27-11-7-17(8-12-27)25-21(28)19-4-3-13-29-19/h5-6,9-10,14-15,17,19H,3-4,7-8,11-13H2,1-2H3,(H,25,28)/t19-/m0/s1. The molecule has 2 aliphatic rings. The van der Waals surface area contributed by atoms with E-state index >= 15 is 0 Å². The van der Waals surface area contributed by atoms with Crippen molar-refractivity contribution in [1.29, 1.82) is 0 Å². The summed E-state index contributed by atoms with van der Waals surface area (Å²) >= 11 is 0. The van der Waals surface area contributed by atoms with Crippen molar-refractivity contribution < 1.29 is 9.53 Å². The van der Waals surface area contributed by atoms with Gasteiger partial charge in [0.2, 0.25) is 11.9 Å². The average Bonchev–Trinajstić information content (AvgIpc) is 3.30. The molecule has 0 spiro atoms. The quantitative estimate of drug-likeness (QED) is 0.838. The maximum absolute atomic E-state index is 12.3. The molecule has 4 rings (SSSR count). The molecule has 1 amide bonds. The second-order valence-electron chi connectivity index (χ2n) is 8.13. The van der Waals surface area contributed by atoms with Crippen LogP contribution in [-0.2, 0) is 9.53 Å².